The number of benzene rings is 1. The number of hydrogen-bond acceptors (Lipinski definition) is 6. The van der Waals surface area contributed by atoms with E-state index in [1.165, 1.54) is 17.4 Å². The van der Waals surface area contributed by atoms with Gasteiger partial charge in [0.15, 0.2) is 5.13 Å². The van der Waals surface area contributed by atoms with Crippen LogP contribution in [0.15, 0.2) is 24.4 Å². The lowest BCUT2D eigenvalue weighted by atomic mass is 9.98. The van der Waals surface area contributed by atoms with Gasteiger partial charge in [-0.25, -0.2) is 4.98 Å². The van der Waals surface area contributed by atoms with Gasteiger partial charge in [-0.15, -0.1) is 11.3 Å². The van der Waals surface area contributed by atoms with E-state index < -0.39 is 10.8 Å². The molecule has 25 heavy (non-hydrogen) atoms. The first-order valence-electron chi connectivity index (χ1n) is 8.21. The third-order valence-electron chi connectivity index (χ3n) is 4.40. The molecule has 1 fully saturated rings. The molecule has 1 aliphatic rings. The molecule has 0 saturated carbocycles. The number of nitrogens with one attached hydrogen (secondary N) is 1. The highest BCUT2D eigenvalue weighted by Gasteiger charge is 2.25. The quantitative estimate of drug-likeness (QED) is 0.661. The summed E-state index contributed by atoms with van der Waals surface area (Å²) >= 11 is 1.36. The zero-order valence-corrected chi connectivity index (χ0v) is 15.0. The van der Waals surface area contributed by atoms with Crippen LogP contribution in [0.4, 0.5) is 16.5 Å². The average Bonchev–Trinajstić information content (AvgIpc) is 3.00. The molecule has 1 aromatic carbocycles. The van der Waals surface area contributed by atoms with E-state index in [0.717, 1.165) is 30.8 Å². The standard InChI is InChI=1S/C17H20N4O3S/c1-11-5-7-20(8-6-11)14-4-3-13(9-15(14)21(23)24)16(22)19-17-18-10-12(2)25-17/h3-4,9-11H,5-8H2,1-2H3,(H,18,19,22). The smallest absolute Gasteiger partial charge is 0.293 e. The summed E-state index contributed by atoms with van der Waals surface area (Å²) in [6.45, 7) is 5.68. The molecule has 0 spiro atoms. The molecule has 3 rings (SSSR count). The van der Waals surface area contributed by atoms with Crippen LogP contribution in [-0.4, -0.2) is 28.9 Å². The number of thiazole rings is 1. The monoisotopic (exact) mass is 360 g/mol. The molecule has 1 aromatic heterocycles. The second kappa shape index (κ2) is 7.18. The number of amides is 1. The Balaban J connectivity index is 1.83. The fourth-order valence-corrected chi connectivity index (χ4v) is 3.57. The number of aromatic nitrogens is 1. The Morgan fingerprint density at radius 3 is 2.72 bits per heavy atom. The summed E-state index contributed by atoms with van der Waals surface area (Å²) in [7, 11) is 0. The van der Waals surface area contributed by atoms with E-state index in [-0.39, 0.29) is 11.3 Å². The van der Waals surface area contributed by atoms with Gasteiger partial charge in [-0.2, -0.15) is 0 Å². The molecule has 7 nitrogen and oxygen atoms in total. The van der Waals surface area contributed by atoms with Crippen molar-refractivity contribution in [2.45, 2.75) is 26.7 Å². The van der Waals surface area contributed by atoms with Crippen molar-refractivity contribution in [1.82, 2.24) is 4.98 Å². The molecule has 0 unspecified atom stereocenters. The van der Waals surface area contributed by atoms with Crippen molar-refractivity contribution in [2.75, 3.05) is 23.3 Å². The molecular weight excluding hydrogens is 340 g/mol. The lowest BCUT2D eigenvalue weighted by Gasteiger charge is -2.31. The summed E-state index contributed by atoms with van der Waals surface area (Å²) in [6, 6.07) is 4.66. The van der Waals surface area contributed by atoms with Crippen LogP contribution in [-0.2, 0) is 0 Å². The van der Waals surface area contributed by atoms with E-state index in [4.69, 9.17) is 0 Å². The topological polar surface area (TPSA) is 88.4 Å². The summed E-state index contributed by atoms with van der Waals surface area (Å²) < 4.78 is 0. The van der Waals surface area contributed by atoms with Crippen LogP contribution in [0, 0.1) is 23.0 Å². The highest BCUT2D eigenvalue weighted by molar-refractivity contribution is 7.15. The fraction of sp³-hybridized carbons (Fsp3) is 0.412. The molecule has 1 amide bonds. The van der Waals surface area contributed by atoms with Crippen LogP contribution in [0.3, 0.4) is 0 Å². The molecule has 0 aliphatic carbocycles. The predicted octanol–water partition coefficient (Wildman–Crippen LogP) is 3.85. The second-order valence-electron chi connectivity index (χ2n) is 6.36. The number of nitrogens with zero attached hydrogens (tertiary/aromatic N) is 3. The number of carbonyl (C=O) groups excluding carboxylic acids is 1. The van der Waals surface area contributed by atoms with Crippen LogP contribution in [0.1, 0.15) is 35.0 Å². The zero-order valence-electron chi connectivity index (χ0n) is 14.2. The number of rotatable bonds is 4. The van der Waals surface area contributed by atoms with E-state index in [0.29, 0.717) is 16.7 Å². The van der Waals surface area contributed by atoms with Crippen LogP contribution in [0.5, 0.6) is 0 Å². The van der Waals surface area contributed by atoms with Crippen LogP contribution in [0.2, 0.25) is 0 Å². The molecule has 2 aromatic rings. The predicted molar refractivity (Wildman–Crippen MR) is 98.5 cm³/mol. The zero-order chi connectivity index (χ0) is 18.0. The van der Waals surface area contributed by atoms with Gasteiger partial charge in [0, 0.05) is 35.8 Å². The molecule has 1 aliphatic heterocycles. The van der Waals surface area contributed by atoms with Crippen molar-refractivity contribution in [3.05, 3.63) is 45.0 Å². The van der Waals surface area contributed by atoms with Crippen LogP contribution in [0.25, 0.3) is 0 Å². The Morgan fingerprint density at radius 1 is 1.40 bits per heavy atom. The summed E-state index contributed by atoms with van der Waals surface area (Å²) in [6.07, 6.45) is 3.70. The molecule has 1 N–H and O–H groups in total. The number of anilines is 2. The number of carbonyl (C=O) groups is 1. The van der Waals surface area contributed by atoms with Crippen molar-refractivity contribution in [2.24, 2.45) is 5.92 Å². The molecular formula is C17H20N4O3S. The van der Waals surface area contributed by atoms with Gasteiger partial charge < -0.3 is 4.90 Å². The summed E-state index contributed by atoms with van der Waals surface area (Å²) in [5, 5.41) is 14.7. The first-order chi connectivity index (χ1) is 11.9. The lowest BCUT2D eigenvalue weighted by Crippen LogP contribution is -2.33. The van der Waals surface area contributed by atoms with Crippen molar-refractivity contribution < 1.29 is 9.72 Å². The van der Waals surface area contributed by atoms with Gasteiger partial charge in [0.05, 0.1) is 4.92 Å². The molecule has 0 radical (unpaired) electrons. The van der Waals surface area contributed by atoms with Crippen molar-refractivity contribution in [3.8, 4) is 0 Å². The minimum atomic E-state index is -0.419. The Bertz CT molecular complexity index is 797. The van der Waals surface area contributed by atoms with E-state index in [1.807, 2.05) is 11.8 Å². The lowest BCUT2D eigenvalue weighted by molar-refractivity contribution is -0.384. The molecule has 0 atom stereocenters. The SMILES string of the molecule is Cc1cnc(NC(=O)c2ccc(N3CCC(C)CC3)c([N+](=O)[O-])c2)s1. The Kier molecular flexibility index (Phi) is 4.98. The maximum atomic E-state index is 12.3. The normalized spacial score (nSPS) is 15.2. The number of aryl methyl sites for hydroxylation is 1. The third kappa shape index (κ3) is 3.96. The van der Waals surface area contributed by atoms with Gasteiger partial charge in [0.1, 0.15) is 5.69 Å². The van der Waals surface area contributed by atoms with E-state index in [1.54, 1.807) is 18.3 Å². The number of nitro groups is 1. The van der Waals surface area contributed by atoms with Gasteiger partial charge >= 0.3 is 0 Å². The molecule has 8 heteroatoms. The summed E-state index contributed by atoms with van der Waals surface area (Å²) in [4.78, 5) is 30.5. The third-order valence-corrected chi connectivity index (χ3v) is 5.23. The van der Waals surface area contributed by atoms with E-state index >= 15 is 0 Å². The Hall–Kier alpha value is -2.48. The maximum absolute atomic E-state index is 12.3. The Morgan fingerprint density at radius 2 is 2.12 bits per heavy atom. The van der Waals surface area contributed by atoms with Crippen LogP contribution >= 0.6 is 11.3 Å². The highest BCUT2D eigenvalue weighted by atomic mass is 32.1. The van der Waals surface area contributed by atoms with Gasteiger partial charge in [-0.1, -0.05) is 6.92 Å². The van der Waals surface area contributed by atoms with Crippen LogP contribution < -0.4 is 10.2 Å². The van der Waals surface area contributed by atoms with Gasteiger partial charge in [0.2, 0.25) is 0 Å². The van der Waals surface area contributed by atoms with Gasteiger partial charge in [-0.05, 0) is 37.8 Å². The minimum absolute atomic E-state index is 0.0301. The number of hydrogen-bond donors (Lipinski definition) is 1. The van der Waals surface area contributed by atoms with E-state index in [9.17, 15) is 14.9 Å². The minimum Gasteiger partial charge on any atom is -0.366 e. The number of piperidine rings is 1. The maximum Gasteiger partial charge on any atom is 0.293 e. The van der Waals surface area contributed by atoms with Crippen molar-refractivity contribution in [1.29, 1.82) is 0 Å². The Labute approximate surface area is 149 Å². The molecule has 1 saturated heterocycles. The fourth-order valence-electron chi connectivity index (χ4n) is 2.91. The first-order valence-corrected chi connectivity index (χ1v) is 9.03. The first kappa shape index (κ1) is 17.3. The van der Waals surface area contributed by atoms with Gasteiger partial charge in [-0.3, -0.25) is 20.2 Å². The molecule has 2 heterocycles. The molecule has 132 valence electrons. The second-order valence-corrected chi connectivity index (χ2v) is 7.60. The summed E-state index contributed by atoms with van der Waals surface area (Å²) in [5.74, 6) is 0.248. The van der Waals surface area contributed by atoms with Crippen molar-refractivity contribution in [3.63, 3.8) is 0 Å². The van der Waals surface area contributed by atoms with E-state index in [2.05, 4.69) is 17.2 Å². The number of nitro benzene ring substituents is 1. The van der Waals surface area contributed by atoms with Crippen molar-refractivity contribution >= 4 is 33.8 Å². The summed E-state index contributed by atoms with van der Waals surface area (Å²) in [5.41, 5.74) is 0.810. The van der Waals surface area contributed by atoms with Gasteiger partial charge in [0.25, 0.3) is 11.6 Å². The molecule has 0 bridgehead atoms. The largest absolute Gasteiger partial charge is 0.366 e. The average molecular weight is 360 g/mol. The highest BCUT2D eigenvalue weighted by Crippen LogP contribution is 2.32.